The lowest BCUT2D eigenvalue weighted by Gasteiger charge is -2.11. The summed E-state index contributed by atoms with van der Waals surface area (Å²) in [5, 5.41) is 7.60. The Balaban J connectivity index is 2.76. The summed E-state index contributed by atoms with van der Waals surface area (Å²) >= 11 is 0. The molecule has 1 rings (SSSR count). The van der Waals surface area contributed by atoms with Crippen LogP contribution < -0.4 is 16.0 Å². The highest BCUT2D eigenvalue weighted by molar-refractivity contribution is 6.40. The van der Waals surface area contributed by atoms with Gasteiger partial charge < -0.3 is 16.0 Å². The van der Waals surface area contributed by atoms with Gasteiger partial charge in [-0.15, -0.1) is 6.58 Å². The number of nitrogens with one attached hydrogen (secondary N) is 3. The van der Waals surface area contributed by atoms with Crippen molar-refractivity contribution in [3.05, 3.63) is 42.5 Å². The highest BCUT2D eigenvalue weighted by atomic mass is 16.2. The summed E-state index contributed by atoms with van der Waals surface area (Å²) in [5.41, 5.74) is 0.572. The van der Waals surface area contributed by atoms with Gasteiger partial charge in [-0.05, 0) is 18.1 Å². The Kier molecular flexibility index (Phi) is 6.82. The average Bonchev–Trinajstić information content (AvgIpc) is 2.50. The van der Waals surface area contributed by atoms with Crippen molar-refractivity contribution in [2.75, 3.05) is 18.4 Å². The van der Waals surface area contributed by atoms with Crippen LogP contribution in [0.2, 0.25) is 0 Å². The maximum atomic E-state index is 12.0. The number of benzene rings is 1. The van der Waals surface area contributed by atoms with Gasteiger partial charge in [0.1, 0.15) is 0 Å². The van der Waals surface area contributed by atoms with Crippen molar-refractivity contribution in [1.29, 1.82) is 0 Å². The molecule has 1 aromatic rings. The molecule has 0 radical (unpaired) electrons. The van der Waals surface area contributed by atoms with Gasteiger partial charge >= 0.3 is 11.8 Å². The third-order valence-electron chi connectivity index (χ3n) is 2.70. The molecule has 0 atom stereocenters. The SMILES string of the molecule is C=CCNC(=O)c1ccccc1NC(=O)C(=O)NCC(C)C. The number of anilines is 1. The zero-order chi connectivity index (χ0) is 16.5. The Labute approximate surface area is 130 Å². The summed E-state index contributed by atoms with van der Waals surface area (Å²) in [6.45, 7) is 8.10. The fourth-order valence-corrected chi connectivity index (χ4v) is 1.61. The maximum Gasteiger partial charge on any atom is 0.313 e. The van der Waals surface area contributed by atoms with Gasteiger partial charge in [0.2, 0.25) is 0 Å². The molecule has 0 bridgehead atoms. The van der Waals surface area contributed by atoms with E-state index in [0.29, 0.717) is 13.1 Å². The highest BCUT2D eigenvalue weighted by Crippen LogP contribution is 2.14. The Morgan fingerprint density at radius 3 is 2.45 bits per heavy atom. The van der Waals surface area contributed by atoms with Gasteiger partial charge in [-0.2, -0.15) is 0 Å². The third-order valence-corrected chi connectivity index (χ3v) is 2.70. The van der Waals surface area contributed by atoms with Gasteiger partial charge in [0, 0.05) is 13.1 Å². The fourth-order valence-electron chi connectivity index (χ4n) is 1.61. The predicted molar refractivity (Wildman–Crippen MR) is 85.4 cm³/mol. The van der Waals surface area contributed by atoms with Crippen LogP contribution in [0.3, 0.4) is 0 Å². The van der Waals surface area contributed by atoms with E-state index in [0.717, 1.165) is 0 Å². The van der Waals surface area contributed by atoms with E-state index in [1.54, 1.807) is 30.3 Å². The molecule has 0 aliphatic heterocycles. The lowest BCUT2D eigenvalue weighted by atomic mass is 10.1. The van der Waals surface area contributed by atoms with Crippen LogP contribution in [0.1, 0.15) is 24.2 Å². The van der Waals surface area contributed by atoms with Crippen molar-refractivity contribution in [3.63, 3.8) is 0 Å². The van der Waals surface area contributed by atoms with Gasteiger partial charge in [-0.25, -0.2) is 0 Å². The predicted octanol–water partition coefficient (Wildman–Crippen LogP) is 1.31. The molecule has 3 amide bonds. The minimum atomic E-state index is -0.801. The largest absolute Gasteiger partial charge is 0.349 e. The molecule has 0 heterocycles. The first-order valence-corrected chi connectivity index (χ1v) is 7.03. The van der Waals surface area contributed by atoms with Crippen LogP contribution in [0.25, 0.3) is 0 Å². The van der Waals surface area contributed by atoms with E-state index in [2.05, 4.69) is 22.5 Å². The molecule has 0 aromatic heterocycles. The summed E-state index contributed by atoms with van der Waals surface area (Å²) < 4.78 is 0. The van der Waals surface area contributed by atoms with Crippen molar-refractivity contribution >= 4 is 23.4 Å². The molecular weight excluding hydrogens is 282 g/mol. The van der Waals surface area contributed by atoms with Gasteiger partial charge in [0.25, 0.3) is 5.91 Å². The topological polar surface area (TPSA) is 87.3 Å². The van der Waals surface area contributed by atoms with E-state index < -0.39 is 11.8 Å². The zero-order valence-electron chi connectivity index (χ0n) is 12.8. The minimum Gasteiger partial charge on any atom is -0.349 e. The summed E-state index contributed by atoms with van der Waals surface area (Å²) in [5.74, 6) is -1.63. The van der Waals surface area contributed by atoms with Crippen molar-refractivity contribution in [1.82, 2.24) is 10.6 Å². The molecule has 0 aliphatic rings. The molecule has 6 nitrogen and oxygen atoms in total. The second-order valence-corrected chi connectivity index (χ2v) is 5.10. The number of carbonyl (C=O) groups excluding carboxylic acids is 3. The molecule has 0 aliphatic carbocycles. The van der Waals surface area contributed by atoms with Crippen LogP contribution in [0, 0.1) is 5.92 Å². The summed E-state index contributed by atoms with van der Waals surface area (Å²) in [6, 6.07) is 6.49. The molecule has 0 saturated carbocycles. The molecular formula is C16H21N3O3. The lowest BCUT2D eigenvalue weighted by molar-refractivity contribution is -0.136. The normalized spacial score (nSPS) is 9.95. The first kappa shape index (κ1) is 17.4. The minimum absolute atomic E-state index is 0.244. The van der Waals surface area contributed by atoms with Crippen LogP contribution in [-0.2, 0) is 9.59 Å². The first-order chi connectivity index (χ1) is 10.5. The van der Waals surface area contributed by atoms with E-state index in [9.17, 15) is 14.4 Å². The molecule has 22 heavy (non-hydrogen) atoms. The zero-order valence-corrected chi connectivity index (χ0v) is 12.8. The number of amides is 3. The van der Waals surface area contributed by atoms with Gasteiger partial charge in [0.15, 0.2) is 0 Å². The van der Waals surface area contributed by atoms with E-state index in [1.807, 2.05) is 13.8 Å². The molecule has 3 N–H and O–H groups in total. The van der Waals surface area contributed by atoms with E-state index >= 15 is 0 Å². The standard InChI is InChI=1S/C16H21N3O3/c1-4-9-17-14(20)12-7-5-6-8-13(12)19-16(22)15(21)18-10-11(2)3/h4-8,11H,1,9-10H2,2-3H3,(H,17,20)(H,18,21)(H,19,22). The summed E-state index contributed by atoms with van der Waals surface area (Å²) in [7, 11) is 0. The molecule has 0 unspecified atom stereocenters. The van der Waals surface area contributed by atoms with Crippen LogP contribution in [-0.4, -0.2) is 30.8 Å². The van der Waals surface area contributed by atoms with Crippen LogP contribution in [0.4, 0.5) is 5.69 Å². The van der Waals surface area contributed by atoms with Gasteiger partial charge in [0.05, 0.1) is 11.3 Å². The number of rotatable bonds is 6. The molecule has 0 fully saturated rings. The Morgan fingerprint density at radius 2 is 1.82 bits per heavy atom. The van der Waals surface area contributed by atoms with Crippen molar-refractivity contribution in [2.45, 2.75) is 13.8 Å². The average molecular weight is 303 g/mol. The first-order valence-electron chi connectivity index (χ1n) is 7.03. The van der Waals surface area contributed by atoms with E-state index in [-0.39, 0.29) is 23.1 Å². The fraction of sp³-hybridized carbons (Fsp3) is 0.312. The molecule has 6 heteroatoms. The van der Waals surface area contributed by atoms with Crippen LogP contribution in [0.15, 0.2) is 36.9 Å². The van der Waals surface area contributed by atoms with Crippen molar-refractivity contribution < 1.29 is 14.4 Å². The monoisotopic (exact) mass is 303 g/mol. The number of para-hydroxylation sites is 1. The molecule has 0 saturated heterocycles. The summed E-state index contributed by atoms with van der Waals surface area (Å²) in [4.78, 5) is 35.5. The second kappa shape index (κ2) is 8.61. The molecule has 1 aromatic carbocycles. The lowest BCUT2D eigenvalue weighted by Crippen LogP contribution is -2.37. The Bertz CT molecular complexity index is 568. The Morgan fingerprint density at radius 1 is 1.14 bits per heavy atom. The number of carbonyl (C=O) groups is 3. The quantitative estimate of drug-likeness (QED) is 0.547. The highest BCUT2D eigenvalue weighted by Gasteiger charge is 2.17. The second-order valence-electron chi connectivity index (χ2n) is 5.10. The third kappa shape index (κ3) is 5.40. The van der Waals surface area contributed by atoms with Crippen molar-refractivity contribution in [3.8, 4) is 0 Å². The van der Waals surface area contributed by atoms with E-state index in [1.165, 1.54) is 0 Å². The Hall–Kier alpha value is -2.63. The maximum absolute atomic E-state index is 12.0. The summed E-state index contributed by atoms with van der Waals surface area (Å²) in [6.07, 6.45) is 1.55. The smallest absolute Gasteiger partial charge is 0.313 e. The van der Waals surface area contributed by atoms with Gasteiger partial charge in [-0.3, -0.25) is 14.4 Å². The van der Waals surface area contributed by atoms with Crippen molar-refractivity contribution in [2.24, 2.45) is 5.92 Å². The molecule has 118 valence electrons. The number of hydrogen-bond donors (Lipinski definition) is 3. The van der Waals surface area contributed by atoms with Gasteiger partial charge in [-0.1, -0.05) is 32.1 Å². The van der Waals surface area contributed by atoms with Crippen LogP contribution >= 0.6 is 0 Å². The number of hydrogen-bond acceptors (Lipinski definition) is 3. The molecule has 0 spiro atoms. The van der Waals surface area contributed by atoms with Crippen LogP contribution in [0.5, 0.6) is 0 Å². The van der Waals surface area contributed by atoms with E-state index in [4.69, 9.17) is 0 Å².